The van der Waals surface area contributed by atoms with Gasteiger partial charge >= 0.3 is 0 Å². The highest BCUT2D eigenvalue weighted by Crippen LogP contribution is 2.42. The Morgan fingerprint density at radius 3 is 2.69 bits per heavy atom. The monoisotopic (exact) mass is 450 g/mol. The predicted octanol–water partition coefficient (Wildman–Crippen LogP) is 5.64. The smallest absolute Gasteiger partial charge is 0.241 e. The third-order valence-corrected chi connectivity index (χ3v) is 8.52. The van der Waals surface area contributed by atoms with Crippen LogP contribution < -0.4 is 10.2 Å². The number of carbonyl (C=O) groups is 2. The Morgan fingerprint density at radius 1 is 1.16 bits per heavy atom. The molecule has 0 saturated heterocycles. The third-order valence-electron chi connectivity index (χ3n) is 7.06. The van der Waals surface area contributed by atoms with Gasteiger partial charge in [-0.05, 0) is 55.9 Å². The topological polar surface area (TPSA) is 49.4 Å². The largest absolute Gasteiger partial charge is 0.353 e. The number of benzene rings is 2. The zero-order chi connectivity index (χ0) is 22.8. The number of thioether (sulfide) groups is 1. The minimum absolute atomic E-state index is 0.000618. The van der Waals surface area contributed by atoms with E-state index in [9.17, 15) is 9.59 Å². The van der Waals surface area contributed by atoms with Crippen molar-refractivity contribution in [3.05, 3.63) is 59.2 Å². The lowest BCUT2D eigenvalue weighted by Gasteiger charge is -2.37. The summed E-state index contributed by atoms with van der Waals surface area (Å²) in [7, 11) is 0. The van der Waals surface area contributed by atoms with Crippen LogP contribution in [-0.2, 0) is 16.1 Å². The third kappa shape index (κ3) is 4.73. The average Bonchev–Trinajstić information content (AvgIpc) is 2.78. The van der Waals surface area contributed by atoms with Crippen LogP contribution in [0.2, 0.25) is 0 Å². The first-order valence-electron chi connectivity index (χ1n) is 11.8. The molecule has 1 saturated carbocycles. The van der Waals surface area contributed by atoms with Gasteiger partial charge in [-0.15, -0.1) is 11.8 Å². The summed E-state index contributed by atoms with van der Waals surface area (Å²) in [6, 6.07) is 14.6. The fraction of sp³-hybridized carbons (Fsp3) is 0.481. The molecule has 5 heteroatoms. The highest BCUT2D eigenvalue weighted by molar-refractivity contribution is 8.01. The molecular formula is C27H34N2O2S. The number of nitrogens with zero attached hydrogens (tertiary/aromatic N) is 1. The second-order valence-electron chi connectivity index (χ2n) is 9.53. The van der Waals surface area contributed by atoms with Gasteiger partial charge in [-0.2, -0.15) is 0 Å². The quantitative estimate of drug-likeness (QED) is 0.641. The van der Waals surface area contributed by atoms with Gasteiger partial charge in [-0.3, -0.25) is 9.59 Å². The van der Waals surface area contributed by atoms with Gasteiger partial charge in [0.05, 0.1) is 18.2 Å². The fourth-order valence-corrected chi connectivity index (χ4v) is 6.13. The van der Waals surface area contributed by atoms with Gasteiger partial charge in [-0.25, -0.2) is 0 Å². The van der Waals surface area contributed by atoms with E-state index in [1.807, 2.05) is 30.0 Å². The highest BCUT2D eigenvalue weighted by Gasteiger charge is 2.40. The van der Waals surface area contributed by atoms with Crippen LogP contribution in [0.15, 0.2) is 47.4 Å². The highest BCUT2D eigenvalue weighted by atomic mass is 32.2. The molecule has 1 fully saturated rings. The molecule has 0 unspecified atom stereocenters. The lowest BCUT2D eigenvalue weighted by Crippen LogP contribution is -2.50. The van der Waals surface area contributed by atoms with E-state index in [0.717, 1.165) is 35.4 Å². The normalized spacial score (nSPS) is 24.1. The Morgan fingerprint density at radius 2 is 1.91 bits per heavy atom. The maximum Gasteiger partial charge on any atom is 0.241 e. The van der Waals surface area contributed by atoms with E-state index in [2.05, 4.69) is 50.4 Å². The molecule has 2 aliphatic rings. The van der Waals surface area contributed by atoms with Crippen molar-refractivity contribution in [1.82, 2.24) is 5.32 Å². The second-order valence-corrected chi connectivity index (χ2v) is 10.7. The van der Waals surface area contributed by atoms with Crippen LogP contribution >= 0.6 is 11.8 Å². The summed E-state index contributed by atoms with van der Waals surface area (Å²) < 4.78 is 0. The molecule has 1 N–H and O–H groups in total. The van der Waals surface area contributed by atoms with E-state index in [4.69, 9.17) is 0 Å². The molecule has 0 bridgehead atoms. The maximum absolute atomic E-state index is 13.7. The fourth-order valence-electron chi connectivity index (χ4n) is 4.84. The molecule has 4 atom stereocenters. The van der Waals surface area contributed by atoms with Crippen LogP contribution in [0, 0.1) is 25.7 Å². The number of nitrogens with one attached hydrogen (secondary N) is 1. The van der Waals surface area contributed by atoms with Crippen LogP contribution in [-0.4, -0.2) is 23.1 Å². The molecule has 1 heterocycles. The Kier molecular flexibility index (Phi) is 6.94. The van der Waals surface area contributed by atoms with Crippen molar-refractivity contribution in [1.29, 1.82) is 0 Å². The Balaban J connectivity index is 1.58. The molecule has 4 rings (SSSR count). The first-order chi connectivity index (χ1) is 15.3. The summed E-state index contributed by atoms with van der Waals surface area (Å²) in [5.74, 6) is 0.127. The molecule has 0 radical (unpaired) electrons. The summed E-state index contributed by atoms with van der Waals surface area (Å²) in [5.41, 5.74) is 4.44. The lowest BCUT2D eigenvalue weighted by molar-refractivity contribution is -0.129. The molecule has 0 aromatic heterocycles. The molecule has 2 aromatic carbocycles. The van der Waals surface area contributed by atoms with Gasteiger partial charge in [0, 0.05) is 10.9 Å². The van der Waals surface area contributed by atoms with Crippen molar-refractivity contribution in [2.24, 2.45) is 11.8 Å². The van der Waals surface area contributed by atoms with Crippen LogP contribution in [0.25, 0.3) is 0 Å². The first-order valence-corrected chi connectivity index (χ1v) is 12.7. The van der Waals surface area contributed by atoms with Gasteiger partial charge in [-0.1, -0.05) is 62.6 Å². The SMILES string of the molecule is Cc1ccc(C)c(CN2C(=O)[C@H]([C@H](C)C(=O)N[C@@H]3CCCC[C@@H]3C)Sc3ccccc32)c1. The van der Waals surface area contributed by atoms with E-state index in [0.29, 0.717) is 12.5 Å². The maximum atomic E-state index is 13.7. The number of aryl methyl sites for hydroxylation is 2. The molecule has 4 nitrogen and oxygen atoms in total. The molecule has 32 heavy (non-hydrogen) atoms. The molecular weight excluding hydrogens is 416 g/mol. The number of para-hydroxylation sites is 1. The van der Waals surface area contributed by atoms with Crippen molar-refractivity contribution >= 4 is 29.3 Å². The van der Waals surface area contributed by atoms with Gasteiger partial charge in [0.15, 0.2) is 0 Å². The number of fused-ring (bicyclic) bond motifs is 1. The minimum Gasteiger partial charge on any atom is -0.353 e. The molecule has 2 amide bonds. The summed E-state index contributed by atoms with van der Waals surface area (Å²) in [5, 5.41) is 2.85. The summed E-state index contributed by atoms with van der Waals surface area (Å²) >= 11 is 1.53. The minimum atomic E-state index is -0.422. The van der Waals surface area contributed by atoms with E-state index < -0.39 is 11.2 Å². The Labute approximate surface area is 196 Å². The van der Waals surface area contributed by atoms with Crippen molar-refractivity contribution in [2.45, 2.75) is 76.1 Å². The van der Waals surface area contributed by atoms with Crippen LogP contribution in [0.1, 0.15) is 56.2 Å². The van der Waals surface area contributed by atoms with Crippen LogP contribution in [0.5, 0.6) is 0 Å². The zero-order valence-corrected chi connectivity index (χ0v) is 20.4. The number of hydrogen-bond acceptors (Lipinski definition) is 3. The number of rotatable bonds is 5. The van der Waals surface area contributed by atoms with E-state index in [1.165, 1.54) is 29.3 Å². The molecule has 0 spiro atoms. The number of carbonyl (C=O) groups excluding carboxylic acids is 2. The van der Waals surface area contributed by atoms with Gasteiger partial charge in [0.2, 0.25) is 11.8 Å². The first kappa shape index (κ1) is 22.9. The van der Waals surface area contributed by atoms with Gasteiger partial charge in [0.1, 0.15) is 5.25 Å². The van der Waals surface area contributed by atoms with Crippen LogP contribution in [0.3, 0.4) is 0 Å². The van der Waals surface area contributed by atoms with E-state index in [-0.39, 0.29) is 17.9 Å². The second kappa shape index (κ2) is 9.70. The number of amides is 2. The van der Waals surface area contributed by atoms with Crippen LogP contribution in [0.4, 0.5) is 5.69 Å². The van der Waals surface area contributed by atoms with Gasteiger partial charge in [0.25, 0.3) is 0 Å². The number of anilines is 1. The molecule has 1 aliphatic heterocycles. The van der Waals surface area contributed by atoms with E-state index in [1.54, 1.807) is 0 Å². The summed E-state index contributed by atoms with van der Waals surface area (Å²) in [6.45, 7) is 8.81. The zero-order valence-electron chi connectivity index (χ0n) is 19.6. The van der Waals surface area contributed by atoms with E-state index >= 15 is 0 Å². The standard InChI is InChI=1S/C27H34N2O2S/c1-17-13-14-18(2)21(15-17)16-29-23-11-7-8-12-24(23)32-25(27(29)31)20(4)26(30)28-22-10-6-5-9-19(22)3/h7-8,11-15,19-20,22,25H,5-6,9-10,16H2,1-4H3,(H,28,30)/t19-,20-,22+,25-/m0/s1. The lowest BCUT2D eigenvalue weighted by atomic mass is 9.85. The van der Waals surface area contributed by atoms with Gasteiger partial charge < -0.3 is 10.2 Å². The average molecular weight is 451 g/mol. The van der Waals surface area contributed by atoms with Crippen molar-refractivity contribution in [2.75, 3.05) is 4.90 Å². The Bertz CT molecular complexity index is 1000. The molecule has 1 aliphatic carbocycles. The summed E-state index contributed by atoms with van der Waals surface area (Å²) in [4.78, 5) is 29.8. The predicted molar refractivity (Wildman–Crippen MR) is 132 cm³/mol. The van der Waals surface area contributed by atoms with Crippen molar-refractivity contribution < 1.29 is 9.59 Å². The number of hydrogen-bond donors (Lipinski definition) is 1. The van der Waals surface area contributed by atoms with Crippen molar-refractivity contribution in [3.63, 3.8) is 0 Å². The molecule has 170 valence electrons. The van der Waals surface area contributed by atoms with Crippen molar-refractivity contribution in [3.8, 4) is 0 Å². The summed E-state index contributed by atoms with van der Waals surface area (Å²) in [6.07, 6.45) is 4.60. The Hall–Kier alpha value is -2.27. The molecule has 2 aromatic rings.